The molecule has 1 saturated heterocycles. The molecule has 2 rings (SSSR count). The largest absolute Gasteiger partial charge is 0.334 e. The molecule has 122 valence electrons. The molecule has 7 nitrogen and oxygen atoms in total. The van der Waals surface area contributed by atoms with E-state index >= 15 is 0 Å². The van der Waals surface area contributed by atoms with E-state index in [2.05, 4.69) is 5.32 Å². The lowest BCUT2D eigenvalue weighted by atomic mass is 10.2. The van der Waals surface area contributed by atoms with E-state index in [4.69, 9.17) is 0 Å². The van der Waals surface area contributed by atoms with Crippen molar-refractivity contribution in [3.05, 3.63) is 29.8 Å². The van der Waals surface area contributed by atoms with Crippen LogP contribution in [0.3, 0.4) is 0 Å². The second-order valence-corrected chi connectivity index (χ2v) is 5.35. The molecule has 0 radical (unpaired) electrons. The number of nitrogens with one attached hydrogen (secondary N) is 1. The Morgan fingerprint density at radius 1 is 1.09 bits per heavy atom. The highest BCUT2D eigenvalue weighted by molar-refractivity contribution is 6.45. The normalized spacial score (nSPS) is 14.6. The van der Waals surface area contributed by atoms with E-state index in [1.807, 2.05) is 26.0 Å². The molecule has 0 spiro atoms. The molecule has 1 aromatic rings. The number of rotatable bonds is 6. The molecule has 0 unspecified atom stereocenters. The molecule has 0 aliphatic carbocycles. The average Bonchev–Trinajstić information content (AvgIpc) is 2.72. The molecule has 1 N–H and O–H groups in total. The zero-order valence-corrected chi connectivity index (χ0v) is 13.2. The lowest BCUT2D eigenvalue weighted by molar-refractivity contribution is -0.143. The summed E-state index contributed by atoms with van der Waals surface area (Å²) in [6.45, 7) is 3.47. The number of hydrogen-bond acceptors (Lipinski definition) is 4. The van der Waals surface area contributed by atoms with Gasteiger partial charge in [0.1, 0.15) is 6.54 Å². The molecule has 5 amide bonds. The lowest BCUT2D eigenvalue weighted by Crippen LogP contribution is -2.39. The first-order valence-corrected chi connectivity index (χ1v) is 7.48. The Kier molecular flexibility index (Phi) is 5.10. The third-order valence-corrected chi connectivity index (χ3v) is 3.59. The summed E-state index contributed by atoms with van der Waals surface area (Å²) in [6, 6.07) is 6.43. The second kappa shape index (κ2) is 7.04. The number of carbonyl (C=O) groups is 4. The maximum absolute atomic E-state index is 12.1. The topological polar surface area (TPSA) is 86.8 Å². The Morgan fingerprint density at radius 3 is 2.39 bits per heavy atom. The van der Waals surface area contributed by atoms with E-state index in [-0.39, 0.29) is 6.54 Å². The number of unbranched alkanes of at least 4 members (excludes halogenated alkanes) is 1. The number of hydrogen-bond donors (Lipinski definition) is 1. The minimum absolute atomic E-state index is 0.190. The van der Waals surface area contributed by atoms with Gasteiger partial charge in [0.15, 0.2) is 0 Å². The molecule has 1 aromatic carbocycles. The fraction of sp³-hybridized carbons (Fsp3) is 0.375. The maximum Gasteiger partial charge on any atom is 0.334 e. The van der Waals surface area contributed by atoms with Crippen molar-refractivity contribution in [1.82, 2.24) is 9.80 Å². The molecule has 1 aliphatic rings. The van der Waals surface area contributed by atoms with E-state index < -0.39 is 30.3 Å². The minimum atomic E-state index is -0.953. The smallest absolute Gasteiger partial charge is 0.324 e. The highest BCUT2D eigenvalue weighted by Gasteiger charge is 2.44. The van der Waals surface area contributed by atoms with Crippen molar-refractivity contribution in [2.45, 2.75) is 26.7 Å². The fourth-order valence-corrected chi connectivity index (χ4v) is 2.25. The summed E-state index contributed by atoms with van der Waals surface area (Å²) in [5, 5.41) is 2.64. The molecular weight excluding hydrogens is 298 g/mol. The van der Waals surface area contributed by atoms with Gasteiger partial charge in [0.25, 0.3) is 0 Å². The Labute approximate surface area is 134 Å². The first-order valence-electron chi connectivity index (χ1n) is 7.48. The Morgan fingerprint density at radius 2 is 1.74 bits per heavy atom. The van der Waals surface area contributed by atoms with Crippen LogP contribution < -0.4 is 5.32 Å². The van der Waals surface area contributed by atoms with Crippen molar-refractivity contribution in [3.63, 3.8) is 0 Å². The summed E-state index contributed by atoms with van der Waals surface area (Å²) in [5.74, 6) is -2.34. The van der Waals surface area contributed by atoms with Crippen LogP contribution in [0.4, 0.5) is 10.5 Å². The maximum atomic E-state index is 12.1. The van der Waals surface area contributed by atoms with Gasteiger partial charge in [0.05, 0.1) is 0 Å². The van der Waals surface area contributed by atoms with Crippen LogP contribution in [0.2, 0.25) is 0 Å². The molecule has 1 fully saturated rings. The highest BCUT2D eigenvalue weighted by Crippen LogP contribution is 2.15. The van der Waals surface area contributed by atoms with Crippen molar-refractivity contribution in [2.75, 3.05) is 18.4 Å². The van der Waals surface area contributed by atoms with E-state index in [0.717, 1.165) is 16.9 Å². The van der Waals surface area contributed by atoms with Gasteiger partial charge in [-0.15, -0.1) is 0 Å². The summed E-state index contributed by atoms with van der Waals surface area (Å²) < 4.78 is 0. The van der Waals surface area contributed by atoms with Crippen LogP contribution in [-0.4, -0.2) is 46.6 Å². The number of aryl methyl sites for hydroxylation is 1. The number of benzene rings is 1. The fourth-order valence-electron chi connectivity index (χ4n) is 2.25. The van der Waals surface area contributed by atoms with Crippen LogP contribution >= 0.6 is 0 Å². The van der Waals surface area contributed by atoms with Crippen LogP contribution in [-0.2, 0) is 14.4 Å². The highest BCUT2D eigenvalue weighted by atomic mass is 16.2. The quantitative estimate of drug-likeness (QED) is 0.636. The Balaban J connectivity index is 2.03. The van der Waals surface area contributed by atoms with Gasteiger partial charge in [-0.1, -0.05) is 31.5 Å². The van der Waals surface area contributed by atoms with Gasteiger partial charge in [-0.05, 0) is 25.0 Å². The molecule has 0 aromatic heterocycles. The van der Waals surface area contributed by atoms with Gasteiger partial charge < -0.3 is 5.32 Å². The molecular formula is C16H19N3O4. The van der Waals surface area contributed by atoms with E-state index in [0.29, 0.717) is 17.0 Å². The van der Waals surface area contributed by atoms with Gasteiger partial charge in [-0.2, -0.15) is 0 Å². The first kappa shape index (κ1) is 16.7. The molecule has 23 heavy (non-hydrogen) atoms. The van der Waals surface area contributed by atoms with E-state index in [9.17, 15) is 19.2 Å². The van der Waals surface area contributed by atoms with Crippen molar-refractivity contribution >= 4 is 29.4 Å². The minimum Gasteiger partial charge on any atom is -0.324 e. The van der Waals surface area contributed by atoms with E-state index in [1.54, 1.807) is 12.1 Å². The third kappa shape index (κ3) is 3.56. The lowest BCUT2D eigenvalue weighted by Gasteiger charge is -2.15. The van der Waals surface area contributed by atoms with Crippen LogP contribution in [0.15, 0.2) is 24.3 Å². The number of para-hydroxylation sites is 1. The third-order valence-electron chi connectivity index (χ3n) is 3.59. The number of amides is 5. The summed E-state index contributed by atoms with van der Waals surface area (Å²) in [7, 11) is 0. The SMILES string of the molecule is CCCCN1C(=O)C(=O)N(CC(=O)Nc2ccccc2C)C1=O. The number of nitrogens with zero attached hydrogens (tertiary/aromatic N) is 2. The number of carbonyl (C=O) groups excluding carboxylic acids is 4. The molecule has 1 aliphatic heterocycles. The predicted octanol–water partition coefficient (Wildman–Crippen LogP) is 1.52. The van der Waals surface area contributed by atoms with Gasteiger partial charge >= 0.3 is 17.8 Å². The molecule has 7 heteroatoms. The van der Waals surface area contributed by atoms with Gasteiger partial charge in [0, 0.05) is 12.2 Å². The van der Waals surface area contributed by atoms with E-state index in [1.165, 1.54) is 0 Å². The summed E-state index contributed by atoms with van der Waals surface area (Å²) in [6.07, 6.45) is 1.41. The Bertz CT molecular complexity index is 656. The van der Waals surface area contributed by atoms with Gasteiger partial charge in [-0.3, -0.25) is 19.3 Å². The number of anilines is 1. The van der Waals surface area contributed by atoms with Crippen molar-refractivity contribution in [3.8, 4) is 0 Å². The standard InChI is InChI=1S/C16H19N3O4/c1-3-4-9-18-14(21)15(22)19(16(18)23)10-13(20)17-12-8-6-5-7-11(12)2/h5-8H,3-4,9-10H2,1-2H3,(H,17,20). The van der Waals surface area contributed by atoms with Crippen LogP contribution in [0.25, 0.3) is 0 Å². The second-order valence-electron chi connectivity index (χ2n) is 5.35. The zero-order chi connectivity index (χ0) is 17.0. The van der Waals surface area contributed by atoms with Crippen LogP contribution in [0, 0.1) is 6.92 Å². The van der Waals surface area contributed by atoms with Crippen molar-refractivity contribution in [1.29, 1.82) is 0 Å². The average molecular weight is 317 g/mol. The van der Waals surface area contributed by atoms with Crippen molar-refractivity contribution in [2.24, 2.45) is 0 Å². The monoisotopic (exact) mass is 317 g/mol. The van der Waals surface area contributed by atoms with Gasteiger partial charge in [0.2, 0.25) is 5.91 Å². The number of urea groups is 1. The number of imide groups is 2. The van der Waals surface area contributed by atoms with Crippen molar-refractivity contribution < 1.29 is 19.2 Å². The molecule has 0 saturated carbocycles. The van der Waals surface area contributed by atoms with Crippen LogP contribution in [0.5, 0.6) is 0 Å². The van der Waals surface area contributed by atoms with Gasteiger partial charge in [-0.25, -0.2) is 9.69 Å². The predicted molar refractivity (Wildman–Crippen MR) is 83.5 cm³/mol. The van der Waals surface area contributed by atoms with Crippen LogP contribution in [0.1, 0.15) is 25.3 Å². The molecule has 1 heterocycles. The summed E-state index contributed by atoms with van der Waals surface area (Å²) in [4.78, 5) is 49.4. The summed E-state index contributed by atoms with van der Waals surface area (Å²) >= 11 is 0. The Hall–Kier alpha value is -2.70. The first-order chi connectivity index (χ1) is 11.0. The molecule has 0 atom stereocenters. The molecule has 0 bridgehead atoms. The summed E-state index contributed by atoms with van der Waals surface area (Å²) in [5.41, 5.74) is 1.46. The zero-order valence-electron chi connectivity index (χ0n) is 13.2.